The molecular weight excluding hydrogens is 310 g/mol. The minimum atomic E-state index is -0.395. The third-order valence-electron chi connectivity index (χ3n) is 4.25. The smallest absolute Gasteiger partial charge is 0.128 e. The van der Waals surface area contributed by atoms with Gasteiger partial charge in [0.2, 0.25) is 0 Å². The van der Waals surface area contributed by atoms with Crippen LogP contribution < -0.4 is 4.74 Å². The van der Waals surface area contributed by atoms with E-state index in [-0.39, 0.29) is 6.10 Å². The molecule has 3 heteroatoms. The molecule has 0 fully saturated rings. The van der Waals surface area contributed by atoms with E-state index < -0.39 is 6.10 Å². The van der Waals surface area contributed by atoms with Gasteiger partial charge >= 0.3 is 0 Å². The van der Waals surface area contributed by atoms with E-state index in [0.29, 0.717) is 12.8 Å². The summed E-state index contributed by atoms with van der Waals surface area (Å²) in [6.07, 6.45) is 4.17. The summed E-state index contributed by atoms with van der Waals surface area (Å²) in [7, 11) is 0. The second-order valence-corrected chi connectivity index (χ2v) is 6.08. The standard InChI is InChI=1S/C22H23NO2/c1-2-20(24)15-22(19-9-6-14-23-16-19)25-21-12-10-18(11-13-21)17-7-4-3-5-8-17/h3-14,16,20,22,24H,2,15H2,1H3. The highest BCUT2D eigenvalue weighted by Gasteiger charge is 2.18. The summed E-state index contributed by atoms with van der Waals surface area (Å²) >= 11 is 0. The second kappa shape index (κ2) is 8.45. The summed E-state index contributed by atoms with van der Waals surface area (Å²) in [6.45, 7) is 1.97. The van der Waals surface area contributed by atoms with Crippen molar-refractivity contribution in [1.82, 2.24) is 4.98 Å². The first kappa shape index (κ1) is 17.2. The van der Waals surface area contributed by atoms with Crippen molar-refractivity contribution in [2.75, 3.05) is 0 Å². The van der Waals surface area contributed by atoms with Crippen molar-refractivity contribution in [3.63, 3.8) is 0 Å². The Morgan fingerprint density at radius 3 is 2.28 bits per heavy atom. The number of ether oxygens (including phenoxy) is 1. The van der Waals surface area contributed by atoms with Gasteiger partial charge in [-0.15, -0.1) is 0 Å². The molecule has 0 aliphatic heterocycles. The SMILES string of the molecule is CCC(O)CC(Oc1ccc(-c2ccccc2)cc1)c1cccnc1. The van der Waals surface area contributed by atoms with Gasteiger partial charge < -0.3 is 9.84 Å². The minimum absolute atomic E-state index is 0.216. The van der Waals surface area contributed by atoms with Gasteiger partial charge in [0.25, 0.3) is 0 Å². The molecular formula is C22H23NO2. The summed E-state index contributed by atoms with van der Waals surface area (Å²) in [5.41, 5.74) is 3.31. The van der Waals surface area contributed by atoms with E-state index in [1.807, 2.05) is 49.4 Å². The quantitative estimate of drug-likeness (QED) is 0.659. The molecule has 0 spiro atoms. The molecule has 0 saturated carbocycles. The number of aliphatic hydroxyl groups excluding tert-OH is 1. The predicted molar refractivity (Wildman–Crippen MR) is 100 cm³/mol. The van der Waals surface area contributed by atoms with E-state index in [1.54, 1.807) is 12.4 Å². The van der Waals surface area contributed by atoms with Crippen LogP contribution in [0.4, 0.5) is 0 Å². The number of rotatable bonds is 7. The molecule has 3 nitrogen and oxygen atoms in total. The zero-order valence-electron chi connectivity index (χ0n) is 14.4. The number of benzene rings is 2. The average Bonchev–Trinajstić information content (AvgIpc) is 2.69. The Morgan fingerprint density at radius 2 is 1.64 bits per heavy atom. The van der Waals surface area contributed by atoms with Crippen LogP contribution in [-0.2, 0) is 0 Å². The van der Waals surface area contributed by atoms with Crippen molar-refractivity contribution in [1.29, 1.82) is 0 Å². The Labute approximate surface area is 148 Å². The number of hydrogen-bond donors (Lipinski definition) is 1. The number of nitrogens with zero attached hydrogens (tertiary/aromatic N) is 1. The zero-order chi connectivity index (χ0) is 17.5. The molecule has 0 aliphatic carbocycles. The van der Waals surface area contributed by atoms with E-state index in [1.165, 1.54) is 5.56 Å². The molecule has 25 heavy (non-hydrogen) atoms. The summed E-state index contributed by atoms with van der Waals surface area (Å²) < 4.78 is 6.16. The number of aromatic nitrogens is 1. The number of aliphatic hydroxyl groups is 1. The number of hydrogen-bond acceptors (Lipinski definition) is 3. The van der Waals surface area contributed by atoms with Crippen molar-refractivity contribution in [2.24, 2.45) is 0 Å². The largest absolute Gasteiger partial charge is 0.486 e. The van der Waals surface area contributed by atoms with Crippen molar-refractivity contribution in [2.45, 2.75) is 32.0 Å². The Bertz CT molecular complexity index is 757. The maximum Gasteiger partial charge on any atom is 0.128 e. The molecule has 0 amide bonds. The Hall–Kier alpha value is -2.65. The highest BCUT2D eigenvalue weighted by Crippen LogP contribution is 2.28. The van der Waals surface area contributed by atoms with Gasteiger partial charge in [0.05, 0.1) is 6.10 Å². The lowest BCUT2D eigenvalue weighted by molar-refractivity contribution is 0.0917. The first-order valence-electron chi connectivity index (χ1n) is 8.66. The van der Waals surface area contributed by atoms with Crippen LogP contribution in [0.15, 0.2) is 79.1 Å². The van der Waals surface area contributed by atoms with Gasteiger partial charge in [0.1, 0.15) is 11.9 Å². The fourth-order valence-corrected chi connectivity index (χ4v) is 2.75. The van der Waals surface area contributed by atoms with Crippen LogP contribution in [0.2, 0.25) is 0 Å². The van der Waals surface area contributed by atoms with Crippen molar-refractivity contribution in [3.8, 4) is 16.9 Å². The third-order valence-corrected chi connectivity index (χ3v) is 4.25. The molecule has 1 aromatic heterocycles. The zero-order valence-corrected chi connectivity index (χ0v) is 14.4. The molecule has 0 saturated heterocycles. The van der Waals surface area contributed by atoms with Crippen LogP contribution in [0.1, 0.15) is 31.4 Å². The van der Waals surface area contributed by atoms with Gasteiger partial charge in [-0.3, -0.25) is 4.98 Å². The van der Waals surface area contributed by atoms with Crippen LogP contribution in [0.5, 0.6) is 5.75 Å². The van der Waals surface area contributed by atoms with E-state index in [9.17, 15) is 5.11 Å². The predicted octanol–water partition coefficient (Wildman–Crippen LogP) is 5.03. The molecule has 2 aromatic carbocycles. The van der Waals surface area contributed by atoms with Crippen LogP contribution in [0.25, 0.3) is 11.1 Å². The first-order chi connectivity index (χ1) is 12.3. The highest BCUT2D eigenvalue weighted by atomic mass is 16.5. The minimum Gasteiger partial charge on any atom is -0.486 e. The second-order valence-electron chi connectivity index (χ2n) is 6.08. The monoisotopic (exact) mass is 333 g/mol. The third kappa shape index (κ3) is 4.68. The molecule has 0 radical (unpaired) electrons. The van der Waals surface area contributed by atoms with Crippen molar-refractivity contribution >= 4 is 0 Å². The lowest BCUT2D eigenvalue weighted by Gasteiger charge is -2.21. The maximum absolute atomic E-state index is 10.1. The lowest BCUT2D eigenvalue weighted by Crippen LogP contribution is -2.16. The fraction of sp³-hybridized carbons (Fsp3) is 0.227. The van der Waals surface area contributed by atoms with Gasteiger partial charge in [-0.2, -0.15) is 0 Å². The summed E-state index contributed by atoms with van der Waals surface area (Å²) in [5, 5.41) is 10.1. The fourth-order valence-electron chi connectivity index (χ4n) is 2.75. The molecule has 3 aromatic rings. The van der Waals surface area contributed by atoms with E-state index >= 15 is 0 Å². The Kier molecular flexibility index (Phi) is 5.81. The van der Waals surface area contributed by atoms with Gasteiger partial charge in [-0.25, -0.2) is 0 Å². The van der Waals surface area contributed by atoms with Gasteiger partial charge in [-0.1, -0.05) is 55.5 Å². The number of pyridine rings is 1. The molecule has 3 rings (SSSR count). The molecule has 1 N–H and O–H groups in total. The Balaban J connectivity index is 1.77. The van der Waals surface area contributed by atoms with Crippen LogP contribution >= 0.6 is 0 Å². The van der Waals surface area contributed by atoms with Gasteiger partial charge in [0.15, 0.2) is 0 Å². The van der Waals surface area contributed by atoms with Crippen LogP contribution in [-0.4, -0.2) is 16.2 Å². The van der Waals surface area contributed by atoms with Gasteiger partial charge in [0, 0.05) is 24.4 Å². The lowest BCUT2D eigenvalue weighted by atomic mass is 10.0. The normalized spacial score (nSPS) is 13.2. The topological polar surface area (TPSA) is 42.4 Å². The summed E-state index contributed by atoms with van der Waals surface area (Å²) in [4.78, 5) is 4.17. The summed E-state index contributed by atoms with van der Waals surface area (Å²) in [5.74, 6) is 0.789. The Morgan fingerprint density at radius 1 is 0.920 bits per heavy atom. The van der Waals surface area contributed by atoms with Crippen LogP contribution in [0, 0.1) is 0 Å². The van der Waals surface area contributed by atoms with Crippen molar-refractivity contribution < 1.29 is 9.84 Å². The maximum atomic E-state index is 10.1. The van der Waals surface area contributed by atoms with E-state index in [4.69, 9.17) is 4.74 Å². The highest BCUT2D eigenvalue weighted by molar-refractivity contribution is 5.63. The molecule has 2 atom stereocenters. The molecule has 1 heterocycles. The van der Waals surface area contributed by atoms with Crippen LogP contribution in [0.3, 0.4) is 0 Å². The average molecular weight is 333 g/mol. The first-order valence-corrected chi connectivity index (χ1v) is 8.66. The molecule has 2 unspecified atom stereocenters. The molecule has 0 aliphatic rings. The van der Waals surface area contributed by atoms with Crippen molar-refractivity contribution in [3.05, 3.63) is 84.7 Å². The molecule has 0 bridgehead atoms. The van der Waals surface area contributed by atoms with E-state index in [2.05, 4.69) is 29.2 Å². The summed E-state index contributed by atoms with van der Waals surface area (Å²) in [6, 6.07) is 22.2. The molecule has 128 valence electrons. The van der Waals surface area contributed by atoms with Gasteiger partial charge in [-0.05, 0) is 35.7 Å². The van der Waals surface area contributed by atoms with E-state index in [0.717, 1.165) is 16.9 Å².